The molecule has 238 valence electrons. The van der Waals surface area contributed by atoms with Crippen LogP contribution in [-0.4, -0.2) is 26.9 Å². The molecule has 0 radical (unpaired) electrons. The van der Waals surface area contributed by atoms with Crippen molar-refractivity contribution in [1.82, 2.24) is 0 Å². The zero-order valence-electron chi connectivity index (χ0n) is 28.9. The van der Waals surface area contributed by atoms with Crippen LogP contribution in [0.25, 0.3) is 12.2 Å². The number of phenols is 2. The number of rotatable bonds is 4. The van der Waals surface area contributed by atoms with Gasteiger partial charge in [-0.2, -0.15) is 0 Å². The maximum absolute atomic E-state index is 12.0. The molecule has 0 amide bonds. The van der Waals surface area contributed by atoms with Crippen molar-refractivity contribution in [3.05, 3.63) is 69.0 Å². The van der Waals surface area contributed by atoms with Gasteiger partial charge in [-0.15, -0.1) is 0 Å². The van der Waals surface area contributed by atoms with Crippen molar-refractivity contribution in [2.75, 3.05) is 0 Å². The van der Waals surface area contributed by atoms with E-state index in [9.17, 15) is 15.3 Å². The Kier molecular flexibility index (Phi) is 9.39. The minimum atomic E-state index is -1.02. The number of aliphatic hydroxyl groups excluding tert-OH is 1. The first-order valence-corrected chi connectivity index (χ1v) is 15.8. The number of nitrogens with two attached hydrogens (primary N) is 2. The molecule has 0 saturated heterocycles. The smallest absolute Gasteiger partial charge is 0.126 e. The van der Waals surface area contributed by atoms with Crippen molar-refractivity contribution < 1.29 is 15.3 Å². The number of aliphatic hydroxyl groups is 1. The molecule has 1 aliphatic rings. The second-order valence-corrected chi connectivity index (χ2v) is 16.9. The van der Waals surface area contributed by atoms with E-state index in [0.29, 0.717) is 23.1 Å². The Morgan fingerprint density at radius 2 is 1.12 bits per heavy atom. The van der Waals surface area contributed by atoms with Crippen LogP contribution in [0.15, 0.2) is 35.6 Å². The van der Waals surface area contributed by atoms with Crippen LogP contribution < -0.4 is 11.5 Å². The largest absolute Gasteiger partial charge is 0.508 e. The maximum atomic E-state index is 12.0. The summed E-state index contributed by atoms with van der Waals surface area (Å²) in [5.41, 5.74) is 17.2. The minimum Gasteiger partial charge on any atom is -0.508 e. The Balaban J connectivity index is 2.41. The third-order valence-corrected chi connectivity index (χ3v) is 9.01. The summed E-state index contributed by atoms with van der Waals surface area (Å²) < 4.78 is 0. The van der Waals surface area contributed by atoms with Gasteiger partial charge in [0.2, 0.25) is 0 Å². The zero-order valence-corrected chi connectivity index (χ0v) is 28.9. The van der Waals surface area contributed by atoms with Crippen LogP contribution in [0, 0.1) is 0 Å². The zero-order chi connectivity index (χ0) is 32.9. The van der Waals surface area contributed by atoms with Crippen LogP contribution in [0.5, 0.6) is 11.5 Å². The third-order valence-electron chi connectivity index (χ3n) is 9.01. The van der Waals surface area contributed by atoms with E-state index in [0.717, 1.165) is 41.5 Å². The van der Waals surface area contributed by atoms with Gasteiger partial charge in [0, 0.05) is 33.9 Å². The molecule has 0 spiro atoms. The van der Waals surface area contributed by atoms with E-state index in [1.54, 1.807) is 6.08 Å². The summed E-state index contributed by atoms with van der Waals surface area (Å²) in [7, 11) is 0. The maximum Gasteiger partial charge on any atom is 0.126 e. The molecule has 5 heteroatoms. The minimum absolute atomic E-state index is 0.0565. The molecule has 2 atom stereocenters. The Hall–Kier alpha value is -2.76. The van der Waals surface area contributed by atoms with E-state index in [2.05, 4.69) is 95.2 Å². The first-order valence-electron chi connectivity index (χ1n) is 15.8. The number of hydrogen-bond donors (Lipinski definition) is 5. The van der Waals surface area contributed by atoms with E-state index in [1.807, 2.05) is 18.2 Å². The fourth-order valence-corrected chi connectivity index (χ4v) is 5.93. The summed E-state index contributed by atoms with van der Waals surface area (Å²) in [6, 6.07) is 7.70. The Labute approximate surface area is 261 Å². The lowest BCUT2D eigenvalue weighted by atomic mass is 9.71. The van der Waals surface area contributed by atoms with E-state index >= 15 is 0 Å². The summed E-state index contributed by atoms with van der Waals surface area (Å²) in [6.45, 7) is 25.3. The van der Waals surface area contributed by atoms with Crippen molar-refractivity contribution in [3.8, 4) is 11.5 Å². The molecule has 3 rings (SSSR count). The summed E-state index contributed by atoms with van der Waals surface area (Å²) in [6.07, 6.45) is 6.64. The number of aromatic hydroxyl groups is 2. The SMILES string of the molecule is CC(C)(C)c1cc(C=C(O)C(=Cc2cc(C(C)(C)C)cc(C(C)(C)C)c2O)C2(N)CCCCC2N)c(O)c(C(C)(C)C)c1. The van der Waals surface area contributed by atoms with E-state index in [-0.39, 0.29) is 45.0 Å². The first kappa shape index (κ1) is 34.7. The van der Waals surface area contributed by atoms with Crippen molar-refractivity contribution in [3.63, 3.8) is 0 Å². The molecule has 5 nitrogen and oxygen atoms in total. The van der Waals surface area contributed by atoms with Gasteiger partial charge >= 0.3 is 0 Å². The van der Waals surface area contributed by atoms with Gasteiger partial charge in [-0.3, -0.25) is 0 Å². The van der Waals surface area contributed by atoms with Crippen molar-refractivity contribution >= 4 is 12.2 Å². The number of benzene rings is 2. The molecular weight excluding hydrogens is 532 g/mol. The highest BCUT2D eigenvalue weighted by molar-refractivity contribution is 5.73. The Bertz CT molecular complexity index is 1410. The van der Waals surface area contributed by atoms with Gasteiger partial charge in [-0.25, -0.2) is 0 Å². The third kappa shape index (κ3) is 7.49. The van der Waals surface area contributed by atoms with Gasteiger partial charge in [0.15, 0.2) is 0 Å². The van der Waals surface area contributed by atoms with E-state index < -0.39 is 5.54 Å². The van der Waals surface area contributed by atoms with Gasteiger partial charge in [0.05, 0.1) is 5.54 Å². The first-order chi connectivity index (χ1) is 19.4. The highest BCUT2D eigenvalue weighted by Crippen LogP contribution is 2.43. The predicted molar refractivity (Wildman–Crippen MR) is 183 cm³/mol. The molecule has 1 aliphatic carbocycles. The second kappa shape index (κ2) is 11.6. The topological polar surface area (TPSA) is 113 Å². The number of phenolic OH excluding ortho intramolecular Hbond substituents is 2. The second-order valence-electron chi connectivity index (χ2n) is 16.9. The quantitative estimate of drug-likeness (QED) is 0.180. The average molecular weight is 591 g/mol. The van der Waals surface area contributed by atoms with Crippen LogP contribution in [0.1, 0.15) is 142 Å². The van der Waals surface area contributed by atoms with Crippen molar-refractivity contribution in [2.45, 2.75) is 142 Å². The van der Waals surface area contributed by atoms with Gasteiger partial charge in [-0.05, 0) is 69.9 Å². The molecule has 0 heterocycles. The Morgan fingerprint density at radius 3 is 1.49 bits per heavy atom. The predicted octanol–water partition coefficient (Wildman–Crippen LogP) is 8.87. The van der Waals surface area contributed by atoms with Gasteiger partial charge in [0.1, 0.15) is 17.3 Å². The lowest BCUT2D eigenvalue weighted by molar-refractivity contribution is 0.280. The normalized spacial score (nSPS) is 21.3. The molecule has 0 aromatic heterocycles. The van der Waals surface area contributed by atoms with Gasteiger partial charge in [0.25, 0.3) is 0 Å². The summed E-state index contributed by atoms with van der Waals surface area (Å²) in [4.78, 5) is 0. The van der Waals surface area contributed by atoms with Gasteiger partial charge < -0.3 is 26.8 Å². The van der Waals surface area contributed by atoms with Gasteiger partial charge in [-0.1, -0.05) is 108 Å². The molecule has 2 aromatic carbocycles. The molecule has 2 unspecified atom stereocenters. The molecule has 43 heavy (non-hydrogen) atoms. The highest BCUT2D eigenvalue weighted by Gasteiger charge is 2.40. The van der Waals surface area contributed by atoms with Crippen LogP contribution in [0.4, 0.5) is 0 Å². The van der Waals surface area contributed by atoms with E-state index in [1.165, 1.54) is 0 Å². The van der Waals surface area contributed by atoms with Crippen LogP contribution in [0.2, 0.25) is 0 Å². The molecule has 1 saturated carbocycles. The van der Waals surface area contributed by atoms with Crippen LogP contribution >= 0.6 is 0 Å². The molecule has 0 aliphatic heterocycles. The molecule has 0 bridgehead atoms. The summed E-state index contributed by atoms with van der Waals surface area (Å²) >= 11 is 0. The highest BCUT2D eigenvalue weighted by atomic mass is 16.3. The van der Waals surface area contributed by atoms with E-state index in [4.69, 9.17) is 11.5 Å². The standard InChI is InChI=1S/C38H58N2O3/c1-34(2,3)25-17-23(32(42)28(21-25)36(7,8)9)19-27(38(40)16-14-13-15-31(38)39)30(41)20-24-18-26(35(4,5)6)22-29(33(24)43)37(10,11)12/h17-22,31,41-43H,13-16,39-40H2,1-12H3. The van der Waals surface area contributed by atoms with Crippen molar-refractivity contribution in [2.24, 2.45) is 11.5 Å². The molecule has 1 fully saturated rings. The van der Waals surface area contributed by atoms with Crippen molar-refractivity contribution in [1.29, 1.82) is 0 Å². The Morgan fingerprint density at radius 1 is 0.698 bits per heavy atom. The molecule has 7 N–H and O–H groups in total. The lowest BCUT2D eigenvalue weighted by Gasteiger charge is -2.41. The fourth-order valence-electron chi connectivity index (χ4n) is 5.93. The number of hydrogen-bond acceptors (Lipinski definition) is 5. The monoisotopic (exact) mass is 590 g/mol. The van der Waals surface area contributed by atoms with Crippen LogP contribution in [0.3, 0.4) is 0 Å². The summed E-state index contributed by atoms with van der Waals surface area (Å²) in [5, 5.41) is 35.1. The lowest BCUT2D eigenvalue weighted by Crippen LogP contribution is -2.58. The summed E-state index contributed by atoms with van der Waals surface area (Å²) in [5.74, 6) is 0.253. The molecule has 2 aromatic rings. The fraction of sp³-hybridized carbons (Fsp3) is 0.579. The molecular formula is C38H58N2O3. The average Bonchev–Trinajstić information content (AvgIpc) is 2.83. The van der Waals surface area contributed by atoms with Crippen LogP contribution in [-0.2, 0) is 21.7 Å².